The second-order valence-electron chi connectivity index (χ2n) is 4.42. The molecule has 1 aromatic carbocycles. The third-order valence-electron chi connectivity index (χ3n) is 2.95. The molecule has 0 saturated carbocycles. The average Bonchev–Trinajstić information content (AvgIpc) is 2.47. The van der Waals surface area contributed by atoms with E-state index in [4.69, 9.17) is 5.21 Å². The van der Waals surface area contributed by atoms with Crippen LogP contribution in [0.2, 0.25) is 0 Å². The number of hydrogen-bond donors (Lipinski definition) is 2. The maximum Gasteiger partial charge on any atom is 0.416 e. The lowest BCUT2D eigenvalue weighted by molar-refractivity contribution is -0.137. The Morgan fingerprint density at radius 2 is 1.95 bits per heavy atom. The van der Waals surface area contributed by atoms with E-state index in [0.717, 1.165) is 24.4 Å². The predicted octanol–water partition coefficient (Wildman–Crippen LogP) is 3.14. The topological polar surface area (TPSA) is 62.2 Å². The Hall–Kier alpha value is -2.32. The van der Waals surface area contributed by atoms with Crippen LogP contribution in [0.4, 0.5) is 17.6 Å². The number of carbonyl (C=O) groups excluding carboxylic acids is 1. The summed E-state index contributed by atoms with van der Waals surface area (Å²) in [7, 11) is 0. The monoisotopic (exact) mass is 314 g/mol. The fourth-order valence-electron chi connectivity index (χ4n) is 1.90. The number of rotatable bonds is 4. The first-order valence-electron chi connectivity index (χ1n) is 6.05. The van der Waals surface area contributed by atoms with Crippen molar-refractivity contribution in [2.24, 2.45) is 0 Å². The maximum absolute atomic E-state index is 13.1. The van der Waals surface area contributed by atoms with Crippen molar-refractivity contribution in [2.45, 2.75) is 12.2 Å². The molecule has 1 atom stereocenters. The first-order valence-corrected chi connectivity index (χ1v) is 6.05. The molecular weight excluding hydrogens is 304 g/mol. The van der Waals surface area contributed by atoms with Gasteiger partial charge in [0.1, 0.15) is 6.04 Å². The quantitative estimate of drug-likeness (QED) is 0.394. The first-order chi connectivity index (χ1) is 10.3. The van der Waals surface area contributed by atoms with Crippen LogP contribution in [0.3, 0.4) is 0 Å². The van der Waals surface area contributed by atoms with E-state index in [9.17, 15) is 22.4 Å². The molecule has 116 valence electrons. The van der Waals surface area contributed by atoms with Crippen LogP contribution in [0.15, 0.2) is 42.6 Å². The number of Topliss-reactive ketones (excluding diaryl/α,β-unsaturated/α-hetero) is 1. The highest BCUT2D eigenvalue weighted by molar-refractivity contribution is 6.00. The molecule has 22 heavy (non-hydrogen) atoms. The fraction of sp³-hybridized carbons (Fsp3) is 0.143. The molecule has 0 aliphatic rings. The zero-order valence-electron chi connectivity index (χ0n) is 10.9. The van der Waals surface area contributed by atoms with E-state index >= 15 is 0 Å². The molecule has 0 aliphatic carbocycles. The molecule has 2 aromatic rings. The first kappa shape index (κ1) is 16.1. The summed E-state index contributed by atoms with van der Waals surface area (Å²) in [4.78, 5) is 15.5. The van der Waals surface area contributed by atoms with Gasteiger partial charge in [-0.15, -0.1) is 0 Å². The Morgan fingerprint density at radius 3 is 2.55 bits per heavy atom. The molecule has 0 saturated heterocycles. The third kappa shape index (κ3) is 3.46. The van der Waals surface area contributed by atoms with E-state index in [-0.39, 0.29) is 11.1 Å². The molecule has 1 aromatic heterocycles. The second kappa shape index (κ2) is 6.20. The molecule has 4 nitrogen and oxygen atoms in total. The zero-order chi connectivity index (χ0) is 16.3. The smallest absolute Gasteiger partial charge is 0.316 e. The summed E-state index contributed by atoms with van der Waals surface area (Å²) >= 11 is 0. The molecular formula is C14H10F4N2O2. The van der Waals surface area contributed by atoms with Gasteiger partial charge in [0.15, 0.2) is 5.78 Å². The summed E-state index contributed by atoms with van der Waals surface area (Å²) in [5, 5.41) is 9.10. The summed E-state index contributed by atoms with van der Waals surface area (Å²) in [6.07, 6.45) is -3.52. The van der Waals surface area contributed by atoms with Gasteiger partial charge in [0.05, 0.1) is 5.56 Å². The lowest BCUT2D eigenvalue weighted by Crippen LogP contribution is -2.26. The lowest BCUT2D eigenvalue weighted by atomic mass is 9.97. The number of nitrogens with one attached hydrogen (secondary N) is 1. The number of aromatic nitrogens is 1. The Labute approximate surface area is 122 Å². The van der Waals surface area contributed by atoms with Crippen molar-refractivity contribution in [3.8, 4) is 0 Å². The normalized spacial score (nSPS) is 13.0. The van der Waals surface area contributed by atoms with Crippen molar-refractivity contribution < 1.29 is 27.6 Å². The summed E-state index contributed by atoms with van der Waals surface area (Å²) in [6.45, 7) is 0. The Kier molecular flexibility index (Phi) is 4.53. The average molecular weight is 314 g/mol. The van der Waals surface area contributed by atoms with Gasteiger partial charge in [0.25, 0.3) is 0 Å². The molecule has 1 heterocycles. The maximum atomic E-state index is 13.1. The van der Waals surface area contributed by atoms with Gasteiger partial charge in [0, 0.05) is 11.8 Å². The minimum Gasteiger partial charge on any atom is -0.316 e. The van der Waals surface area contributed by atoms with Gasteiger partial charge in [-0.2, -0.15) is 23.0 Å². The van der Waals surface area contributed by atoms with Crippen LogP contribution >= 0.6 is 0 Å². The predicted molar refractivity (Wildman–Crippen MR) is 67.6 cm³/mol. The number of hydrogen-bond acceptors (Lipinski definition) is 4. The number of ketones is 1. The Bertz CT molecular complexity index is 689. The lowest BCUT2D eigenvalue weighted by Gasteiger charge is -2.15. The summed E-state index contributed by atoms with van der Waals surface area (Å²) in [5.41, 5.74) is 0.461. The van der Waals surface area contributed by atoms with Crippen LogP contribution in [-0.2, 0) is 6.18 Å². The van der Waals surface area contributed by atoms with E-state index in [1.165, 1.54) is 12.1 Å². The highest BCUT2D eigenvalue weighted by Gasteiger charge is 2.31. The van der Waals surface area contributed by atoms with Gasteiger partial charge in [-0.25, -0.2) is 4.98 Å². The Balaban J connectivity index is 2.37. The fourth-order valence-corrected chi connectivity index (χ4v) is 1.90. The molecule has 1 unspecified atom stereocenters. The van der Waals surface area contributed by atoms with Crippen molar-refractivity contribution in [3.05, 3.63) is 65.2 Å². The van der Waals surface area contributed by atoms with Crippen LogP contribution in [0.25, 0.3) is 0 Å². The van der Waals surface area contributed by atoms with E-state index in [0.29, 0.717) is 6.07 Å². The molecule has 0 amide bonds. The van der Waals surface area contributed by atoms with Gasteiger partial charge in [-0.1, -0.05) is 12.1 Å². The number of nitrogens with zero attached hydrogens (tertiary/aromatic N) is 1. The molecule has 0 aliphatic heterocycles. The zero-order valence-corrected chi connectivity index (χ0v) is 10.9. The summed E-state index contributed by atoms with van der Waals surface area (Å²) < 4.78 is 51.0. The number of benzene rings is 1. The highest BCUT2D eigenvalue weighted by atomic mass is 19.4. The molecule has 2 rings (SSSR count). The van der Waals surface area contributed by atoms with E-state index in [2.05, 4.69) is 4.98 Å². The number of hydroxylamine groups is 1. The Morgan fingerprint density at radius 1 is 1.23 bits per heavy atom. The van der Waals surface area contributed by atoms with Gasteiger partial charge >= 0.3 is 6.18 Å². The minimum atomic E-state index is -4.60. The molecule has 2 N–H and O–H groups in total. The van der Waals surface area contributed by atoms with Crippen LogP contribution in [0.1, 0.15) is 27.5 Å². The van der Waals surface area contributed by atoms with Crippen molar-refractivity contribution in [1.82, 2.24) is 10.5 Å². The molecule has 8 heteroatoms. The molecule has 0 bridgehead atoms. The van der Waals surface area contributed by atoms with Crippen LogP contribution in [0, 0.1) is 5.95 Å². The van der Waals surface area contributed by atoms with Crippen molar-refractivity contribution in [2.75, 3.05) is 0 Å². The van der Waals surface area contributed by atoms with Gasteiger partial charge in [0.2, 0.25) is 5.95 Å². The minimum absolute atomic E-state index is 0.0393. The van der Waals surface area contributed by atoms with Crippen LogP contribution in [0.5, 0.6) is 0 Å². The highest BCUT2D eigenvalue weighted by Crippen LogP contribution is 2.30. The number of halogens is 4. The third-order valence-corrected chi connectivity index (χ3v) is 2.95. The standard InChI is InChI=1S/C14H10F4N2O2/c15-11-7-8(4-5-19-11)12(20-22)13(21)9-2-1-3-10(6-9)14(16,17)18/h1-7,12,20,22H. The van der Waals surface area contributed by atoms with Crippen LogP contribution in [-0.4, -0.2) is 16.0 Å². The van der Waals surface area contributed by atoms with Crippen molar-refractivity contribution in [1.29, 1.82) is 0 Å². The number of carbonyl (C=O) groups is 1. The van der Waals surface area contributed by atoms with Crippen LogP contribution < -0.4 is 5.48 Å². The summed E-state index contributed by atoms with van der Waals surface area (Å²) in [6, 6.07) is 4.52. The van der Waals surface area contributed by atoms with E-state index in [1.807, 2.05) is 0 Å². The van der Waals surface area contributed by atoms with Crippen molar-refractivity contribution >= 4 is 5.78 Å². The van der Waals surface area contributed by atoms with Gasteiger partial charge in [-0.3, -0.25) is 4.79 Å². The SMILES string of the molecule is O=C(c1cccc(C(F)(F)F)c1)C(NO)c1ccnc(F)c1. The van der Waals surface area contributed by atoms with E-state index < -0.39 is 29.5 Å². The largest absolute Gasteiger partial charge is 0.416 e. The number of pyridine rings is 1. The second-order valence-corrected chi connectivity index (χ2v) is 4.42. The molecule has 0 fully saturated rings. The summed E-state index contributed by atoms with van der Waals surface area (Å²) in [5.74, 6) is -1.71. The molecule has 0 radical (unpaired) electrons. The van der Waals surface area contributed by atoms with Gasteiger partial charge < -0.3 is 5.21 Å². The number of alkyl halides is 3. The van der Waals surface area contributed by atoms with Gasteiger partial charge in [-0.05, 0) is 29.8 Å². The molecule has 0 spiro atoms. The van der Waals surface area contributed by atoms with Crippen molar-refractivity contribution in [3.63, 3.8) is 0 Å². The van der Waals surface area contributed by atoms with E-state index in [1.54, 1.807) is 5.48 Å².